The first-order chi connectivity index (χ1) is 10.9. The average Bonchev–Trinajstić information content (AvgIpc) is 2.51. The van der Waals surface area contributed by atoms with Gasteiger partial charge < -0.3 is 19.3 Å². The van der Waals surface area contributed by atoms with Gasteiger partial charge in [0, 0.05) is 0 Å². The molecule has 5 nitrogen and oxygen atoms in total. The maximum Gasteiger partial charge on any atom is 0.422 e. The molecule has 1 aliphatic rings. The number of aliphatic hydroxyl groups excluding tert-OH is 1. The van der Waals surface area contributed by atoms with Crippen LogP contribution in [0.5, 0.6) is 0 Å². The quantitative estimate of drug-likeness (QED) is 0.840. The predicted octanol–water partition coefficient (Wildman–Crippen LogP) is 2.43. The lowest BCUT2D eigenvalue weighted by Crippen LogP contribution is -2.26. The number of hydrogen-bond acceptors (Lipinski definition) is 5. The molecule has 1 atom stereocenters. The highest BCUT2D eigenvalue weighted by atomic mass is 19.4. The molecule has 8 heteroatoms. The largest absolute Gasteiger partial charge is 0.486 e. The van der Waals surface area contributed by atoms with Crippen LogP contribution >= 0.6 is 0 Å². The number of halogens is 3. The lowest BCUT2D eigenvalue weighted by Gasteiger charge is -2.20. The summed E-state index contributed by atoms with van der Waals surface area (Å²) in [4.78, 5) is 11.7. The van der Waals surface area contributed by atoms with Crippen LogP contribution in [0.3, 0.4) is 0 Å². The fourth-order valence-corrected chi connectivity index (χ4v) is 1.71. The minimum atomic E-state index is -4.66. The molecule has 0 saturated carbocycles. The van der Waals surface area contributed by atoms with Crippen molar-refractivity contribution in [2.24, 2.45) is 0 Å². The second-order valence-electron chi connectivity index (χ2n) is 4.55. The van der Waals surface area contributed by atoms with Gasteiger partial charge in [0.15, 0.2) is 12.4 Å². The van der Waals surface area contributed by atoms with Crippen LogP contribution in [-0.2, 0) is 25.6 Å². The molecule has 124 valence electrons. The third-order valence-electron chi connectivity index (χ3n) is 2.73. The van der Waals surface area contributed by atoms with Crippen LogP contribution in [0, 0.1) is 0 Å². The molecule has 0 aromatic heterocycles. The van der Waals surface area contributed by atoms with E-state index >= 15 is 0 Å². The summed E-state index contributed by atoms with van der Waals surface area (Å²) in [6.07, 6.45) is -3.82. The second kappa shape index (κ2) is 7.19. The summed E-state index contributed by atoms with van der Waals surface area (Å²) < 4.78 is 50.6. The zero-order valence-electron chi connectivity index (χ0n) is 11.7. The highest BCUT2D eigenvalue weighted by Crippen LogP contribution is 2.23. The molecule has 1 N–H and O–H groups in total. The molecular weight excluding hydrogens is 317 g/mol. The van der Waals surface area contributed by atoms with Gasteiger partial charge in [-0.05, 0) is 11.6 Å². The summed E-state index contributed by atoms with van der Waals surface area (Å²) in [5.74, 6) is -2.28. The van der Waals surface area contributed by atoms with Crippen LogP contribution in [0.15, 0.2) is 54.2 Å². The third-order valence-corrected chi connectivity index (χ3v) is 2.73. The van der Waals surface area contributed by atoms with Crippen LogP contribution < -0.4 is 0 Å². The Bertz CT molecular complexity index is 607. The fraction of sp³-hybridized carbons (Fsp3) is 0.267. The summed E-state index contributed by atoms with van der Waals surface area (Å²) >= 11 is 0. The van der Waals surface area contributed by atoms with E-state index in [1.165, 1.54) is 6.08 Å². The molecule has 1 heterocycles. The van der Waals surface area contributed by atoms with E-state index in [0.29, 0.717) is 0 Å². The van der Waals surface area contributed by atoms with Crippen molar-refractivity contribution in [2.75, 3.05) is 6.61 Å². The first-order valence-corrected chi connectivity index (χ1v) is 6.53. The van der Waals surface area contributed by atoms with E-state index in [0.717, 1.165) is 11.8 Å². The Kier molecular flexibility index (Phi) is 5.28. The topological polar surface area (TPSA) is 65.0 Å². The number of carbonyl (C=O) groups excluding carboxylic acids is 1. The lowest BCUT2D eigenvalue weighted by molar-refractivity contribution is -0.185. The minimum Gasteiger partial charge on any atom is -0.486 e. The van der Waals surface area contributed by atoms with Crippen molar-refractivity contribution in [3.63, 3.8) is 0 Å². The third kappa shape index (κ3) is 5.03. The summed E-state index contributed by atoms with van der Waals surface area (Å²) in [6, 6.07) is 8.81. The van der Waals surface area contributed by atoms with E-state index in [9.17, 15) is 23.1 Å². The number of rotatable bonds is 5. The van der Waals surface area contributed by atoms with Gasteiger partial charge in [-0.2, -0.15) is 13.2 Å². The van der Waals surface area contributed by atoms with E-state index < -0.39 is 30.6 Å². The number of esters is 1. The van der Waals surface area contributed by atoms with Crippen LogP contribution in [0.4, 0.5) is 13.2 Å². The monoisotopic (exact) mass is 330 g/mol. The lowest BCUT2D eigenvalue weighted by atomic mass is 10.2. The Balaban J connectivity index is 2.09. The normalized spacial score (nSPS) is 17.7. The first-order valence-electron chi connectivity index (χ1n) is 6.53. The van der Waals surface area contributed by atoms with Crippen molar-refractivity contribution in [2.45, 2.75) is 18.9 Å². The fourth-order valence-electron chi connectivity index (χ4n) is 1.71. The number of alkyl halides is 3. The van der Waals surface area contributed by atoms with Crippen LogP contribution in [0.25, 0.3) is 0 Å². The maximum atomic E-state index is 12.1. The van der Waals surface area contributed by atoms with E-state index in [1.807, 2.05) is 0 Å². The molecule has 0 amide bonds. The van der Waals surface area contributed by atoms with Crippen molar-refractivity contribution < 1.29 is 37.3 Å². The molecule has 0 saturated heterocycles. The summed E-state index contributed by atoms with van der Waals surface area (Å²) in [5.41, 5.74) is 0.741. The maximum absolute atomic E-state index is 12.1. The van der Waals surface area contributed by atoms with Gasteiger partial charge in [0.25, 0.3) is 5.76 Å². The molecule has 0 bridgehead atoms. The van der Waals surface area contributed by atoms with E-state index in [1.54, 1.807) is 30.3 Å². The van der Waals surface area contributed by atoms with Gasteiger partial charge >= 0.3 is 12.1 Å². The van der Waals surface area contributed by atoms with Gasteiger partial charge in [-0.15, -0.1) is 0 Å². The van der Waals surface area contributed by atoms with Crippen molar-refractivity contribution in [3.05, 3.63) is 59.8 Å². The number of carbonyl (C=O) groups is 1. The zero-order valence-corrected chi connectivity index (χ0v) is 11.7. The predicted molar refractivity (Wildman–Crippen MR) is 71.5 cm³/mol. The second-order valence-corrected chi connectivity index (χ2v) is 4.55. The summed E-state index contributed by atoms with van der Waals surface area (Å²) in [6.45, 7) is -1.76. The Hall–Kier alpha value is -2.48. The van der Waals surface area contributed by atoms with Crippen LogP contribution in [-0.4, -0.2) is 30.0 Å². The standard InChI is InChI=1S/C15H13F3O5/c16-15(17,18)9-23-14(20)13-12(11(19)6-7-21-13)22-8-10-4-2-1-3-5-10/h1-7,11,19H,8-9H2. The van der Waals surface area contributed by atoms with E-state index in [-0.39, 0.29) is 12.4 Å². The Morgan fingerprint density at radius 2 is 1.96 bits per heavy atom. The molecule has 1 aromatic rings. The van der Waals surface area contributed by atoms with Gasteiger partial charge in [-0.3, -0.25) is 0 Å². The summed E-state index contributed by atoms with van der Waals surface area (Å²) in [7, 11) is 0. The van der Waals surface area contributed by atoms with Crippen molar-refractivity contribution in [1.82, 2.24) is 0 Å². The number of aliphatic hydroxyl groups is 1. The number of benzene rings is 1. The first kappa shape index (κ1) is 16.9. The van der Waals surface area contributed by atoms with Gasteiger partial charge in [0.1, 0.15) is 12.7 Å². The minimum absolute atomic E-state index is 0.000480. The molecule has 1 unspecified atom stereocenters. The number of ether oxygens (including phenoxy) is 3. The van der Waals surface area contributed by atoms with Gasteiger partial charge in [0.2, 0.25) is 0 Å². The average molecular weight is 330 g/mol. The summed E-state index contributed by atoms with van der Waals surface area (Å²) in [5, 5.41) is 9.81. The molecule has 23 heavy (non-hydrogen) atoms. The molecular formula is C15H13F3O5. The molecule has 0 fully saturated rings. The Morgan fingerprint density at radius 1 is 1.26 bits per heavy atom. The molecule has 0 aliphatic carbocycles. The van der Waals surface area contributed by atoms with Gasteiger partial charge in [-0.1, -0.05) is 30.3 Å². The van der Waals surface area contributed by atoms with E-state index in [4.69, 9.17) is 9.47 Å². The van der Waals surface area contributed by atoms with Gasteiger partial charge in [-0.25, -0.2) is 4.79 Å². The molecule has 1 aliphatic heterocycles. The molecule has 1 aromatic carbocycles. The van der Waals surface area contributed by atoms with E-state index in [2.05, 4.69) is 4.74 Å². The number of hydrogen-bond donors (Lipinski definition) is 1. The Morgan fingerprint density at radius 3 is 2.61 bits per heavy atom. The highest BCUT2D eigenvalue weighted by Gasteiger charge is 2.33. The van der Waals surface area contributed by atoms with Crippen molar-refractivity contribution in [1.29, 1.82) is 0 Å². The van der Waals surface area contributed by atoms with Crippen molar-refractivity contribution in [3.8, 4) is 0 Å². The SMILES string of the molecule is O=C(OCC(F)(F)F)C1=C(OCc2ccccc2)C(O)C=CO1. The zero-order chi connectivity index (χ0) is 16.9. The molecule has 0 spiro atoms. The molecule has 2 rings (SSSR count). The van der Waals surface area contributed by atoms with Crippen LogP contribution in [0.2, 0.25) is 0 Å². The van der Waals surface area contributed by atoms with Crippen molar-refractivity contribution >= 4 is 5.97 Å². The molecule has 0 radical (unpaired) electrons. The highest BCUT2D eigenvalue weighted by molar-refractivity contribution is 5.87. The smallest absolute Gasteiger partial charge is 0.422 e. The Labute approximate surface area is 129 Å². The van der Waals surface area contributed by atoms with Crippen LogP contribution in [0.1, 0.15) is 5.56 Å². The van der Waals surface area contributed by atoms with Gasteiger partial charge in [0.05, 0.1) is 6.26 Å².